The van der Waals surface area contributed by atoms with Crippen molar-refractivity contribution in [1.29, 1.82) is 0 Å². The van der Waals surface area contributed by atoms with Gasteiger partial charge in [0.15, 0.2) is 6.61 Å². The third kappa shape index (κ3) is 4.71. The van der Waals surface area contributed by atoms with Crippen molar-refractivity contribution >= 4 is 41.1 Å². The number of para-hydroxylation sites is 2. The van der Waals surface area contributed by atoms with Crippen molar-refractivity contribution < 1.29 is 28.7 Å². The highest BCUT2D eigenvalue weighted by Crippen LogP contribution is 2.31. The van der Waals surface area contributed by atoms with Crippen molar-refractivity contribution in [2.24, 2.45) is 0 Å². The molecule has 5 amide bonds. The monoisotopic (exact) mass is 402 g/mol. The SMILES string of the molecule is C[C@@H]1CC(=O)Nc2ccccc2N1C(=O)COC(=O)CCCN1C(=O)CNC1=O. The minimum absolute atomic E-state index is 0.0312. The summed E-state index contributed by atoms with van der Waals surface area (Å²) in [6.45, 7) is 1.36. The van der Waals surface area contributed by atoms with Gasteiger partial charge in [-0.2, -0.15) is 0 Å². The third-order valence-corrected chi connectivity index (χ3v) is 4.68. The molecule has 2 heterocycles. The number of imide groups is 1. The quantitative estimate of drug-likeness (QED) is 0.531. The molecule has 0 radical (unpaired) electrons. The van der Waals surface area contributed by atoms with Gasteiger partial charge in [0.2, 0.25) is 11.8 Å². The van der Waals surface area contributed by atoms with E-state index in [4.69, 9.17) is 4.74 Å². The molecule has 1 aromatic rings. The number of rotatable bonds is 6. The van der Waals surface area contributed by atoms with E-state index < -0.39 is 30.6 Å². The number of carbonyl (C=O) groups excluding carboxylic acids is 5. The number of ether oxygens (including phenoxy) is 1. The molecule has 2 N–H and O–H groups in total. The van der Waals surface area contributed by atoms with E-state index >= 15 is 0 Å². The normalized spacial score (nSPS) is 18.7. The predicted molar refractivity (Wildman–Crippen MR) is 102 cm³/mol. The Hall–Kier alpha value is -3.43. The Morgan fingerprint density at radius 3 is 2.69 bits per heavy atom. The molecule has 0 saturated carbocycles. The number of fused-ring (bicyclic) bond motifs is 1. The van der Waals surface area contributed by atoms with E-state index in [9.17, 15) is 24.0 Å². The molecule has 0 unspecified atom stereocenters. The van der Waals surface area contributed by atoms with Gasteiger partial charge in [-0.05, 0) is 25.5 Å². The van der Waals surface area contributed by atoms with E-state index in [1.54, 1.807) is 31.2 Å². The second-order valence-electron chi connectivity index (χ2n) is 6.85. The first-order chi connectivity index (χ1) is 13.9. The molecule has 2 aliphatic rings. The summed E-state index contributed by atoms with van der Waals surface area (Å²) >= 11 is 0. The standard InChI is InChI=1S/C19H22N4O6/c1-12-9-15(24)21-13-5-2-3-6-14(13)23(12)17(26)11-29-18(27)7-4-8-22-16(25)10-20-19(22)28/h2-3,5-6,12H,4,7-11H2,1H3,(H,20,28)(H,21,24)/t12-/m1/s1. The van der Waals surface area contributed by atoms with Crippen LogP contribution in [0.3, 0.4) is 0 Å². The lowest BCUT2D eigenvalue weighted by Crippen LogP contribution is -2.41. The summed E-state index contributed by atoms with van der Waals surface area (Å²) in [6, 6.07) is 6.05. The summed E-state index contributed by atoms with van der Waals surface area (Å²) < 4.78 is 5.07. The number of benzene rings is 1. The van der Waals surface area contributed by atoms with E-state index in [2.05, 4.69) is 10.6 Å². The minimum Gasteiger partial charge on any atom is -0.456 e. The average molecular weight is 402 g/mol. The van der Waals surface area contributed by atoms with Gasteiger partial charge in [0.05, 0.1) is 17.9 Å². The molecule has 10 nitrogen and oxygen atoms in total. The van der Waals surface area contributed by atoms with Crippen molar-refractivity contribution in [3.05, 3.63) is 24.3 Å². The topological polar surface area (TPSA) is 125 Å². The average Bonchev–Trinajstić information content (AvgIpc) is 2.92. The van der Waals surface area contributed by atoms with Crippen LogP contribution in [0.5, 0.6) is 0 Å². The maximum atomic E-state index is 12.7. The molecule has 2 aliphatic heterocycles. The van der Waals surface area contributed by atoms with Crippen molar-refractivity contribution in [1.82, 2.24) is 10.2 Å². The van der Waals surface area contributed by atoms with Crippen LogP contribution in [0.1, 0.15) is 26.2 Å². The molecule has 0 aromatic heterocycles. The Balaban J connectivity index is 1.53. The Morgan fingerprint density at radius 1 is 1.21 bits per heavy atom. The van der Waals surface area contributed by atoms with E-state index in [1.165, 1.54) is 4.90 Å². The van der Waals surface area contributed by atoms with Crippen molar-refractivity contribution in [3.8, 4) is 0 Å². The molecular weight excluding hydrogens is 380 g/mol. The van der Waals surface area contributed by atoms with Crippen LogP contribution in [0, 0.1) is 0 Å². The summed E-state index contributed by atoms with van der Waals surface area (Å²) in [5.41, 5.74) is 1.07. The number of amides is 5. The molecule has 1 fully saturated rings. The van der Waals surface area contributed by atoms with Crippen LogP contribution in [0.2, 0.25) is 0 Å². The number of hydrogen-bond acceptors (Lipinski definition) is 6. The van der Waals surface area contributed by atoms with Crippen molar-refractivity contribution in [2.75, 3.05) is 29.9 Å². The lowest BCUT2D eigenvalue weighted by molar-refractivity contribution is -0.148. The smallest absolute Gasteiger partial charge is 0.324 e. The number of hydrogen-bond donors (Lipinski definition) is 2. The van der Waals surface area contributed by atoms with Crippen LogP contribution >= 0.6 is 0 Å². The van der Waals surface area contributed by atoms with Gasteiger partial charge in [-0.3, -0.25) is 24.1 Å². The van der Waals surface area contributed by atoms with Gasteiger partial charge in [-0.1, -0.05) is 12.1 Å². The zero-order chi connectivity index (χ0) is 21.0. The largest absolute Gasteiger partial charge is 0.456 e. The van der Waals surface area contributed by atoms with E-state index in [0.29, 0.717) is 11.4 Å². The molecule has 0 spiro atoms. The van der Waals surface area contributed by atoms with Gasteiger partial charge in [0, 0.05) is 25.4 Å². The van der Waals surface area contributed by atoms with Gasteiger partial charge in [-0.15, -0.1) is 0 Å². The molecule has 0 aliphatic carbocycles. The fraction of sp³-hybridized carbons (Fsp3) is 0.421. The molecule has 1 saturated heterocycles. The molecule has 1 aromatic carbocycles. The second-order valence-corrected chi connectivity index (χ2v) is 6.85. The number of nitrogens with one attached hydrogen (secondary N) is 2. The van der Waals surface area contributed by atoms with Crippen LogP contribution in [0.15, 0.2) is 24.3 Å². The fourth-order valence-corrected chi connectivity index (χ4v) is 3.31. The summed E-state index contributed by atoms with van der Waals surface area (Å²) in [5, 5.41) is 5.16. The highest BCUT2D eigenvalue weighted by Gasteiger charge is 2.30. The molecule has 10 heteroatoms. The third-order valence-electron chi connectivity index (χ3n) is 4.68. The second kappa shape index (κ2) is 8.72. The highest BCUT2D eigenvalue weighted by atomic mass is 16.5. The molecule has 0 bridgehead atoms. The van der Waals surface area contributed by atoms with Gasteiger partial charge >= 0.3 is 12.0 Å². The Kier molecular flexibility index (Phi) is 6.10. The van der Waals surface area contributed by atoms with E-state index in [-0.39, 0.29) is 44.2 Å². The number of nitrogens with zero attached hydrogens (tertiary/aromatic N) is 2. The highest BCUT2D eigenvalue weighted by molar-refractivity contribution is 6.05. The maximum absolute atomic E-state index is 12.7. The van der Waals surface area contributed by atoms with Crippen LogP contribution in [0.4, 0.5) is 16.2 Å². The zero-order valence-corrected chi connectivity index (χ0v) is 16.0. The van der Waals surface area contributed by atoms with E-state index in [0.717, 1.165) is 4.90 Å². The van der Waals surface area contributed by atoms with Gasteiger partial charge < -0.3 is 20.3 Å². The lowest BCUT2D eigenvalue weighted by atomic mass is 10.1. The Morgan fingerprint density at radius 2 is 1.97 bits per heavy atom. The van der Waals surface area contributed by atoms with Crippen molar-refractivity contribution in [2.45, 2.75) is 32.2 Å². The first-order valence-corrected chi connectivity index (χ1v) is 9.31. The molecule has 1 atom stereocenters. The molecule has 29 heavy (non-hydrogen) atoms. The van der Waals surface area contributed by atoms with Crippen LogP contribution in [-0.4, -0.2) is 60.4 Å². The maximum Gasteiger partial charge on any atom is 0.324 e. The van der Waals surface area contributed by atoms with Gasteiger partial charge in [0.1, 0.15) is 0 Å². The summed E-state index contributed by atoms with van der Waals surface area (Å²) in [5.74, 6) is -1.58. The Labute approximate surface area is 167 Å². The molecular formula is C19H22N4O6. The van der Waals surface area contributed by atoms with E-state index in [1.807, 2.05) is 0 Å². The number of anilines is 2. The van der Waals surface area contributed by atoms with Gasteiger partial charge in [0.25, 0.3) is 5.91 Å². The summed E-state index contributed by atoms with van der Waals surface area (Å²) in [7, 11) is 0. The van der Waals surface area contributed by atoms with Crippen LogP contribution in [0.25, 0.3) is 0 Å². The van der Waals surface area contributed by atoms with Gasteiger partial charge in [-0.25, -0.2) is 4.79 Å². The Bertz CT molecular complexity index is 839. The number of urea groups is 1. The van der Waals surface area contributed by atoms with Crippen molar-refractivity contribution in [3.63, 3.8) is 0 Å². The molecule has 154 valence electrons. The predicted octanol–water partition coefficient (Wildman–Crippen LogP) is 0.626. The first-order valence-electron chi connectivity index (χ1n) is 9.31. The summed E-state index contributed by atoms with van der Waals surface area (Å²) in [6.07, 6.45) is 0.338. The number of carbonyl (C=O) groups is 5. The zero-order valence-electron chi connectivity index (χ0n) is 16.0. The van der Waals surface area contributed by atoms with Crippen LogP contribution in [-0.2, 0) is 23.9 Å². The first kappa shape index (κ1) is 20.3. The lowest BCUT2D eigenvalue weighted by Gasteiger charge is -2.27. The fourth-order valence-electron chi connectivity index (χ4n) is 3.31. The van der Waals surface area contributed by atoms with Crippen LogP contribution < -0.4 is 15.5 Å². The molecule has 3 rings (SSSR count). The number of esters is 1. The minimum atomic E-state index is -0.602. The summed E-state index contributed by atoms with van der Waals surface area (Å²) in [4.78, 5) is 62.0.